The van der Waals surface area contributed by atoms with Crippen LogP contribution in [0.2, 0.25) is 0 Å². The Morgan fingerprint density at radius 1 is 1.15 bits per heavy atom. The van der Waals surface area contributed by atoms with Crippen LogP contribution in [0.25, 0.3) is 10.9 Å². The van der Waals surface area contributed by atoms with Crippen LogP contribution in [0.4, 0.5) is 0 Å². The predicted molar refractivity (Wildman–Crippen MR) is 104 cm³/mol. The van der Waals surface area contributed by atoms with Gasteiger partial charge in [-0.3, -0.25) is 9.69 Å². The van der Waals surface area contributed by atoms with Crippen molar-refractivity contribution in [2.45, 2.75) is 32.9 Å². The average Bonchev–Trinajstić information content (AvgIpc) is 3.28. The number of H-pyrrole nitrogens is 1. The number of para-hydroxylation sites is 1. The molecule has 0 bridgehead atoms. The molecule has 3 aromatic rings. The molecule has 2 aromatic heterocycles. The zero-order chi connectivity index (χ0) is 19.0. The standard InChI is InChI=1S/C20H26N6O/c1-20(2,3)26-14-16(22-23-26)13-24-8-10-25(11-9-24)19(27)18-12-15-6-4-5-7-17(15)21-18/h4-7,12,14,21H,8-11,13H2,1-3H3. The number of benzene rings is 1. The van der Waals surface area contributed by atoms with Crippen molar-refractivity contribution in [1.29, 1.82) is 0 Å². The first-order chi connectivity index (χ1) is 12.9. The first kappa shape index (κ1) is 17.7. The number of aromatic nitrogens is 4. The molecule has 3 heterocycles. The minimum atomic E-state index is -0.0596. The molecule has 7 nitrogen and oxygen atoms in total. The van der Waals surface area contributed by atoms with E-state index in [1.165, 1.54) is 0 Å². The van der Waals surface area contributed by atoms with Gasteiger partial charge >= 0.3 is 0 Å². The van der Waals surface area contributed by atoms with Gasteiger partial charge in [0.25, 0.3) is 5.91 Å². The summed E-state index contributed by atoms with van der Waals surface area (Å²) in [5, 5.41) is 9.59. The van der Waals surface area contributed by atoms with Gasteiger partial charge in [0.05, 0.1) is 17.4 Å². The summed E-state index contributed by atoms with van der Waals surface area (Å²) in [5.74, 6) is 0.0736. The summed E-state index contributed by atoms with van der Waals surface area (Å²) in [6.07, 6.45) is 2.02. The molecule has 1 saturated heterocycles. The fourth-order valence-electron chi connectivity index (χ4n) is 3.40. The number of fused-ring (bicyclic) bond motifs is 1. The number of carbonyl (C=O) groups excluding carboxylic acids is 1. The topological polar surface area (TPSA) is 70.0 Å². The molecule has 0 aliphatic carbocycles. The third-order valence-corrected chi connectivity index (χ3v) is 5.03. The number of hydrogen-bond acceptors (Lipinski definition) is 4. The fourth-order valence-corrected chi connectivity index (χ4v) is 3.40. The molecule has 1 aliphatic rings. The Morgan fingerprint density at radius 3 is 2.56 bits per heavy atom. The Morgan fingerprint density at radius 2 is 1.89 bits per heavy atom. The van der Waals surface area contributed by atoms with Crippen molar-refractivity contribution in [1.82, 2.24) is 29.8 Å². The van der Waals surface area contributed by atoms with E-state index in [9.17, 15) is 4.79 Å². The quantitative estimate of drug-likeness (QED) is 0.773. The molecule has 142 valence electrons. The maximum atomic E-state index is 12.8. The average molecular weight is 366 g/mol. The van der Waals surface area contributed by atoms with Crippen LogP contribution >= 0.6 is 0 Å². The van der Waals surface area contributed by atoms with Crippen LogP contribution in [0, 0.1) is 0 Å². The Bertz CT molecular complexity index is 910. The van der Waals surface area contributed by atoms with Crippen LogP contribution in [0.5, 0.6) is 0 Å². The monoisotopic (exact) mass is 366 g/mol. The largest absolute Gasteiger partial charge is 0.351 e. The normalized spacial score (nSPS) is 16.2. The van der Waals surface area contributed by atoms with Gasteiger partial charge in [-0.05, 0) is 32.9 Å². The predicted octanol–water partition coefficient (Wildman–Crippen LogP) is 2.47. The van der Waals surface area contributed by atoms with Crippen LogP contribution < -0.4 is 0 Å². The van der Waals surface area contributed by atoms with E-state index in [4.69, 9.17) is 0 Å². The molecule has 1 N–H and O–H groups in total. The number of amides is 1. The van der Waals surface area contributed by atoms with Crippen molar-refractivity contribution in [3.05, 3.63) is 47.9 Å². The third kappa shape index (κ3) is 3.73. The zero-order valence-electron chi connectivity index (χ0n) is 16.1. The summed E-state index contributed by atoms with van der Waals surface area (Å²) in [7, 11) is 0. The van der Waals surface area contributed by atoms with E-state index in [2.05, 4.69) is 41.0 Å². The van der Waals surface area contributed by atoms with Gasteiger partial charge in [0.2, 0.25) is 0 Å². The Balaban J connectivity index is 1.35. The summed E-state index contributed by atoms with van der Waals surface area (Å²) >= 11 is 0. The third-order valence-electron chi connectivity index (χ3n) is 5.03. The van der Waals surface area contributed by atoms with E-state index in [1.54, 1.807) is 0 Å². The molecule has 1 fully saturated rings. The Labute approximate surface area is 158 Å². The van der Waals surface area contributed by atoms with Crippen LogP contribution in [-0.2, 0) is 12.1 Å². The molecule has 1 amide bonds. The SMILES string of the molecule is CC(C)(C)n1cc(CN2CCN(C(=O)c3cc4ccccc4[nH]3)CC2)nn1. The van der Waals surface area contributed by atoms with Gasteiger partial charge in [-0.25, -0.2) is 4.68 Å². The van der Waals surface area contributed by atoms with Gasteiger partial charge in [0.15, 0.2) is 0 Å². The molecule has 0 spiro atoms. The van der Waals surface area contributed by atoms with E-state index in [1.807, 2.05) is 46.1 Å². The van der Waals surface area contributed by atoms with E-state index >= 15 is 0 Å². The molecular weight excluding hydrogens is 340 g/mol. The minimum Gasteiger partial charge on any atom is -0.351 e. The van der Waals surface area contributed by atoms with Crippen molar-refractivity contribution in [3.63, 3.8) is 0 Å². The Hall–Kier alpha value is -2.67. The number of hydrogen-bond donors (Lipinski definition) is 1. The second-order valence-electron chi connectivity index (χ2n) is 8.16. The van der Waals surface area contributed by atoms with Crippen molar-refractivity contribution < 1.29 is 4.79 Å². The van der Waals surface area contributed by atoms with E-state index < -0.39 is 0 Å². The molecule has 7 heteroatoms. The molecule has 0 atom stereocenters. The highest BCUT2D eigenvalue weighted by atomic mass is 16.2. The summed E-state index contributed by atoms with van der Waals surface area (Å²) in [5.41, 5.74) is 2.58. The second kappa shape index (κ2) is 6.81. The van der Waals surface area contributed by atoms with Crippen molar-refractivity contribution >= 4 is 16.8 Å². The van der Waals surface area contributed by atoms with E-state index in [-0.39, 0.29) is 11.4 Å². The van der Waals surface area contributed by atoms with Gasteiger partial charge in [-0.2, -0.15) is 0 Å². The highest BCUT2D eigenvalue weighted by Crippen LogP contribution is 2.17. The highest BCUT2D eigenvalue weighted by molar-refractivity contribution is 5.98. The molecular formula is C20H26N6O. The number of aromatic amines is 1. The van der Waals surface area contributed by atoms with Gasteiger partial charge < -0.3 is 9.88 Å². The van der Waals surface area contributed by atoms with Gasteiger partial charge in [0.1, 0.15) is 5.69 Å². The Kier molecular flexibility index (Phi) is 4.47. The summed E-state index contributed by atoms with van der Waals surface area (Å²) in [4.78, 5) is 20.3. The highest BCUT2D eigenvalue weighted by Gasteiger charge is 2.24. The number of rotatable bonds is 3. The number of piperazine rings is 1. The molecule has 0 saturated carbocycles. The summed E-state index contributed by atoms with van der Waals surface area (Å²) in [6, 6.07) is 9.91. The molecule has 1 aromatic carbocycles. The maximum Gasteiger partial charge on any atom is 0.270 e. The molecule has 27 heavy (non-hydrogen) atoms. The number of carbonyl (C=O) groups is 1. The van der Waals surface area contributed by atoms with Crippen LogP contribution in [-0.4, -0.2) is 61.9 Å². The molecule has 0 unspecified atom stereocenters. The van der Waals surface area contributed by atoms with Gasteiger partial charge in [-0.15, -0.1) is 5.10 Å². The fraction of sp³-hybridized carbons (Fsp3) is 0.450. The summed E-state index contributed by atoms with van der Waals surface area (Å²) < 4.78 is 1.90. The lowest BCUT2D eigenvalue weighted by Crippen LogP contribution is -2.48. The maximum absolute atomic E-state index is 12.8. The lowest BCUT2D eigenvalue weighted by molar-refractivity contribution is 0.0622. The first-order valence-corrected chi connectivity index (χ1v) is 9.41. The lowest BCUT2D eigenvalue weighted by Gasteiger charge is -2.34. The molecule has 1 aliphatic heterocycles. The first-order valence-electron chi connectivity index (χ1n) is 9.41. The van der Waals surface area contributed by atoms with Crippen LogP contribution in [0.3, 0.4) is 0 Å². The lowest BCUT2D eigenvalue weighted by atomic mass is 10.1. The zero-order valence-corrected chi connectivity index (χ0v) is 16.1. The smallest absolute Gasteiger partial charge is 0.270 e. The van der Waals surface area contributed by atoms with Gasteiger partial charge in [0, 0.05) is 43.6 Å². The van der Waals surface area contributed by atoms with Crippen molar-refractivity contribution in [2.24, 2.45) is 0 Å². The minimum absolute atomic E-state index is 0.0596. The second-order valence-corrected chi connectivity index (χ2v) is 8.16. The van der Waals surface area contributed by atoms with Crippen molar-refractivity contribution in [3.8, 4) is 0 Å². The van der Waals surface area contributed by atoms with E-state index in [0.29, 0.717) is 5.69 Å². The number of nitrogens with zero attached hydrogens (tertiary/aromatic N) is 5. The van der Waals surface area contributed by atoms with Crippen molar-refractivity contribution in [2.75, 3.05) is 26.2 Å². The van der Waals surface area contributed by atoms with Crippen LogP contribution in [0.1, 0.15) is 37.0 Å². The van der Waals surface area contributed by atoms with Crippen LogP contribution in [0.15, 0.2) is 36.5 Å². The number of nitrogens with one attached hydrogen (secondary N) is 1. The summed E-state index contributed by atoms with van der Waals surface area (Å²) in [6.45, 7) is 10.2. The molecule has 0 radical (unpaired) electrons. The molecule has 4 rings (SSSR count). The van der Waals surface area contributed by atoms with E-state index in [0.717, 1.165) is 49.3 Å². The van der Waals surface area contributed by atoms with Gasteiger partial charge in [-0.1, -0.05) is 23.4 Å².